The van der Waals surface area contributed by atoms with Crippen molar-refractivity contribution in [3.63, 3.8) is 0 Å². The summed E-state index contributed by atoms with van der Waals surface area (Å²) in [5.74, 6) is 0.351. The van der Waals surface area contributed by atoms with Gasteiger partial charge in [0.15, 0.2) is 9.34 Å². The van der Waals surface area contributed by atoms with E-state index in [4.69, 9.17) is 5.73 Å². The van der Waals surface area contributed by atoms with Crippen LogP contribution in [-0.4, -0.2) is 25.4 Å². The number of aryl methyl sites for hydroxylation is 1. The van der Waals surface area contributed by atoms with Gasteiger partial charge in [0, 0.05) is 13.2 Å². The lowest BCUT2D eigenvalue weighted by atomic mass is 10.5. The summed E-state index contributed by atoms with van der Waals surface area (Å²) in [5.41, 5.74) is 5.93. The number of nitrogen functional groups attached to an aromatic ring is 1. The molecule has 0 unspecified atom stereocenters. The minimum Gasteiger partial charge on any atom is -0.375 e. The molecule has 2 aromatic rings. The molecule has 0 saturated carbocycles. The molecule has 8 heteroatoms. The monoisotopic (exact) mass is 284 g/mol. The maximum atomic E-state index is 12.4. The van der Waals surface area contributed by atoms with E-state index in [-0.39, 0.29) is 9.34 Å². The summed E-state index contributed by atoms with van der Waals surface area (Å²) in [5, 5.41) is 0.237. The predicted molar refractivity (Wildman–Crippen MR) is 71.1 cm³/mol. The Balaban J connectivity index is 2.47. The fourth-order valence-electron chi connectivity index (χ4n) is 1.43. The van der Waals surface area contributed by atoms with E-state index in [1.54, 1.807) is 25.1 Å². The van der Waals surface area contributed by atoms with E-state index in [0.717, 1.165) is 15.6 Å². The van der Waals surface area contributed by atoms with Crippen LogP contribution in [0.5, 0.6) is 0 Å². The van der Waals surface area contributed by atoms with Gasteiger partial charge < -0.3 is 5.73 Å². The summed E-state index contributed by atoms with van der Waals surface area (Å²) in [6, 6.07) is 5.07. The zero-order chi connectivity index (χ0) is 13.3. The van der Waals surface area contributed by atoms with Crippen molar-refractivity contribution in [1.29, 1.82) is 0 Å². The maximum absolute atomic E-state index is 12.4. The Bertz CT molecular complexity index is 652. The van der Waals surface area contributed by atoms with Gasteiger partial charge >= 0.3 is 0 Å². The molecule has 0 saturated heterocycles. The number of nitrogens with two attached hydrogens (primary N) is 1. The topological polar surface area (TPSA) is 89.2 Å². The number of thiazole rings is 1. The van der Waals surface area contributed by atoms with Crippen LogP contribution >= 0.6 is 11.3 Å². The molecule has 0 aliphatic rings. The molecule has 18 heavy (non-hydrogen) atoms. The average molecular weight is 284 g/mol. The molecule has 0 fully saturated rings. The fraction of sp³-hybridized carbons (Fsp3) is 0.200. The molecule has 0 radical (unpaired) electrons. The van der Waals surface area contributed by atoms with E-state index in [1.165, 1.54) is 13.2 Å². The van der Waals surface area contributed by atoms with Crippen LogP contribution in [0.15, 0.2) is 28.6 Å². The van der Waals surface area contributed by atoms with Gasteiger partial charge in [-0.15, -0.1) is 0 Å². The predicted octanol–water partition coefficient (Wildman–Crippen LogP) is 1.25. The molecular weight excluding hydrogens is 272 g/mol. The van der Waals surface area contributed by atoms with Crippen molar-refractivity contribution in [2.75, 3.05) is 17.1 Å². The molecule has 2 heterocycles. The van der Waals surface area contributed by atoms with Crippen molar-refractivity contribution < 1.29 is 8.42 Å². The van der Waals surface area contributed by atoms with Crippen molar-refractivity contribution in [2.45, 2.75) is 11.1 Å². The highest BCUT2D eigenvalue weighted by molar-refractivity contribution is 7.94. The number of rotatable bonds is 3. The van der Waals surface area contributed by atoms with Gasteiger partial charge in [0.05, 0.1) is 5.69 Å². The van der Waals surface area contributed by atoms with E-state index < -0.39 is 10.0 Å². The first kappa shape index (κ1) is 12.8. The minimum atomic E-state index is -3.66. The van der Waals surface area contributed by atoms with Crippen LogP contribution in [0, 0.1) is 6.92 Å². The van der Waals surface area contributed by atoms with Crippen molar-refractivity contribution in [2.24, 2.45) is 0 Å². The van der Waals surface area contributed by atoms with Crippen LogP contribution < -0.4 is 10.0 Å². The molecule has 2 rings (SSSR count). The summed E-state index contributed by atoms with van der Waals surface area (Å²) in [6.07, 6.45) is 1.54. The normalized spacial score (nSPS) is 11.4. The van der Waals surface area contributed by atoms with Crippen molar-refractivity contribution in [3.05, 3.63) is 30.1 Å². The van der Waals surface area contributed by atoms with Gasteiger partial charge in [-0.1, -0.05) is 17.4 Å². The zero-order valence-electron chi connectivity index (χ0n) is 9.86. The number of pyridine rings is 1. The molecule has 0 aromatic carbocycles. The third kappa shape index (κ3) is 2.16. The summed E-state index contributed by atoms with van der Waals surface area (Å²) >= 11 is 0.954. The summed E-state index contributed by atoms with van der Waals surface area (Å²) in [7, 11) is -2.20. The molecule has 0 bridgehead atoms. The van der Waals surface area contributed by atoms with E-state index in [1.807, 2.05) is 0 Å². The van der Waals surface area contributed by atoms with Crippen molar-refractivity contribution in [3.8, 4) is 0 Å². The lowest BCUT2D eigenvalue weighted by Crippen LogP contribution is -2.27. The van der Waals surface area contributed by atoms with Crippen LogP contribution in [0.4, 0.5) is 10.9 Å². The zero-order valence-corrected chi connectivity index (χ0v) is 11.5. The number of anilines is 2. The molecule has 0 atom stereocenters. The smallest absolute Gasteiger partial charge is 0.276 e. The number of nitrogens with zero attached hydrogens (tertiary/aromatic N) is 3. The molecule has 0 aliphatic carbocycles. The van der Waals surface area contributed by atoms with Crippen LogP contribution in [-0.2, 0) is 10.0 Å². The molecule has 2 aromatic heterocycles. The largest absolute Gasteiger partial charge is 0.375 e. The Hall–Kier alpha value is -1.67. The number of aromatic nitrogens is 2. The fourth-order valence-corrected chi connectivity index (χ4v) is 4.03. The van der Waals surface area contributed by atoms with Crippen molar-refractivity contribution >= 4 is 32.3 Å². The third-order valence-electron chi connectivity index (χ3n) is 2.34. The van der Waals surface area contributed by atoms with Crippen LogP contribution in [0.25, 0.3) is 0 Å². The highest BCUT2D eigenvalue weighted by Crippen LogP contribution is 2.29. The molecule has 0 amide bonds. The quantitative estimate of drug-likeness (QED) is 0.916. The van der Waals surface area contributed by atoms with E-state index >= 15 is 0 Å². The first-order chi connectivity index (χ1) is 8.43. The van der Waals surface area contributed by atoms with Crippen molar-refractivity contribution in [1.82, 2.24) is 9.97 Å². The molecule has 2 N–H and O–H groups in total. The highest BCUT2D eigenvalue weighted by Gasteiger charge is 2.27. The first-order valence-corrected chi connectivity index (χ1v) is 7.31. The number of sulfonamides is 1. The number of hydrogen-bond acceptors (Lipinski definition) is 6. The molecule has 96 valence electrons. The van der Waals surface area contributed by atoms with Gasteiger partial charge in [-0.3, -0.25) is 4.31 Å². The first-order valence-electron chi connectivity index (χ1n) is 5.06. The number of hydrogen-bond donors (Lipinski definition) is 1. The molecule has 0 spiro atoms. The molecule has 0 aliphatic heterocycles. The van der Waals surface area contributed by atoms with Gasteiger partial charge in [0.2, 0.25) is 0 Å². The molecule has 6 nitrogen and oxygen atoms in total. The van der Waals surface area contributed by atoms with Gasteiger partial charge in [-0.2, -0.15) is 0 Å². The summed E-state index contributed by atoms with van der Waals surface area (Å²) in [6.45, 7) is 1.62. The van der Waals surface area contributed by atoms with Gasteiger partial charge in [0.25, 0.3) is 10.0 Å². The van der Waals surface area contributed by atoms with Crippen LogP contribution in [0.1, 0.15) is 5.69 Å². The van der Waals surface area contributed by atoms with E-state index in [0.29, 0.717) is 11.5 Å². The van der Waals surface area contributed by atoms with Gasteiger partial charge in [0.1, 0.15) is 5.82 Å². The Labute approximate surface area is 109 Å². The SMILES string of the molecule is Cc1nc(N)sc1S(=O)(=O)N(C)c1ccccn1. The lowest BCUT2D eigenvalue weighted by molar-refractivity contribution is 0.595. The second kappa shape index (κ2) is 4.54. The Morgan fingerprint density at radius 2 is 2.11 bits per heavy atom. The van der Waals surface area contributed by atoms with E-state index in [9.17, 15) is 8.42 Å². The second-order valence-electron chi connectivity index (χ2n) is 3.59. The molecular formula is C10H12N4O2S2. The van der Waals surface area contributed by atoms with Crippen LogP contribution in [0.2, 0.25) is 0 Å². The third-order valence-corrected chi connectivity index (χ3v) is 5.67. The van der Waals surface area contributed by atoms with Crippen LogP contribution in [0.3, 0.4) is 0 Å². The minimum absolute atomic E-state index is 0.146. The standard InChI is InChI=1S/C10H12N4O2S2/c1-7-9(17-10(11)13-7)18(15,16)14(2)8-5-3-4-6-12-8/h3-6H,1-2H3,(H2,11,13). The second-order valence-corrected chi connectivity index (χ2v) is 6.78. The Kier molecular flexibility index (Phi) is 3.22. The summed E-state index contributed by atoms with van der Waals surface area (Å²) < 4.78 is 26.0. The maximum Gasteiger partial charge on any atom is 0.276 e. The highest BCUT2D eigenvalue weighted by atomic mass is 32.2. The Morgan fingerprint density at radius 3 is 2.61 bits per heavy atom. The lowest BCUT2D eigenvalue weighted by Gasteiger charge is -2.17. The van der Waals surface area contributed by atoms with Gasteiger partial charge in [-0.05, 0) is 19.1 Å². The average Bonchev–Trinajstić information content (AvgIpc) is 2.69. The Morgan fingerprint density at radius 1 is 1.39 bits per heavy atom. The van der Waals surface area contributed by atoms with E-state index in [2.05, 4.69) is 9.97 Å². The summed E-state index contributed by atoms with van der Waals surface area (Å²) in [4.78, 5) is 7.93. The van der Waals surface area contributed by atoms with Gasteiger partial charge in [-0.25, -0.2) is 18.4 Å².